The van der Waals surface area contributed by atoms with Gasteiger partial charge in [-0.25, -0.2) is 13.2 Å². The quantitative estimate of drug-likeness (QED) is 0.774. The van der Waals surface area contributed by atoms with Crippen molar-refractivity contribution in [1.82, 2.24) is 4.90 Å². The largest absolute Gasteiger partial charge is 0.478 e. The number of hydrogen-bond donors (Lipinski definition) is 1. The van der Waals surface area contributed by atoms with Crippen LogP contribution in [0, 0.1) is 0 Å². The van der Waals surface area contributed by atoms with Gasteiger partial charge in [-0.05, 0) is 38.2 Å². The zero-order valence-corrected chi connectivity index (χ0v) is 13.3. The highest BCUT2D eigenvalue weighted by atomic mass is 32.2. The van der Waals surface area contributed by atoms with Crippen molar-refractivity contribution >= 4 is 15.8 Å². The van der Waals surface area contributed by atoms with E-state index in [9.17, 15) is 13.2 Å². The first-order valence-electron chi connectivity index (χ1n) is 6.53. The van der Waals surface area contributed by atoms with Crippen LogP contribution in [0.5, 0.6) is 0 Å². The number of aromatic carboxylic acids is 1. The molecule has 118 valence electrons. The molecular weight excluding hydrogens is 294 g/mol. The molecule has 0 fully saturated rings. The van der Waals surface area contributed by atoms with E-state index in [1.807, 2.05) is 18.9 Å². The highest BCUT2D eigenvalue weighted by molar-refractivity contribution is 7.91. The van der Waals surface area contributed by atoms with E-state index in [-0.39, 0.29) is 22.3 Å². The molecule has 0 saturated heterocycles. The summed E-state index contributed by atoms with van der Waals surface area (Å²) >= 11 is 0. The molecule has 0 saturated carbocycles. The molecular formula is C14H21NO5S. The molecule has 0 radical (unpaired) electrons. The number of ether oxygens (including phenoxy) is 1. The SMILES string of the molecule is COCC(C)N(C)CCS(=O)(=O)c1ccc(C(=O)O)cc1. The smallest absolute Gasteiger partial charge is 0.335 e. The van der Waals surface area contributed by atoms with Crippen molar-refractivity contribution in [3.63, 3.8) is 0 Å². The van der Waals surface area contributed by atoms with Gasteiger partial charge >= 0.3 is 5.97 Å². The van der Waals surface area contributed by atoms with Gasteiger partial charge < -0.3 is 14.7 Å². The Morgan fingerprint density at radius 1 is 1.33 bits per heavy atom. The van der Waals surface area contributed by atoms with Crippen LogP contribution < -0.4 is 0 Å². The summed E-state index contributed by atoms with van der Waals surface area (Å²) in [5.41, 5.74) is 0.0692. The number of likely N-dealkylation sites (N-methyl/N-ethyl adjacent to an activating group) is 1. The van der Waals surface area contributed by atoms with Crippen LogP contribution >= 0.6 is 0 Å². The van der Waals surface area contributed by atoms with E-state index in [1.54, 1.807) is 7.11 Å². The molecule has 0 aliphatic rings. The van der Waals surface area contributed by atoms with Gasteiger partial charge in [0.05, 0.1) is 22.8 Å². The lowest BCUT2D eigenvalue weighted by Crippen LogP contribution is -2.36. The van der Waals surface area contributed by atoms with E-state index in [1.165, 1.54) is 24.3 Å². The molecule has 7 heteroatoms. The van der Waals surface area contributed by atoms with Crippen molar-refractivity contribution in [3.05, 3.63) is 29.8 Å². The van der Waals surface area contributed by atoms with E-state index >= 15 is 0 Å². The Balaban J connectivity index is 2.71. The number of carbonyl (C=O) groups is 1. The standard InChI is InChI=1S/C14H21NO5S/c1-11(10-20-3)15(2)8-9-21(18,19)13-6-4-12(5-7-13)14(16)17/h4-7,11H,8-10H2,1-3H3,(H,16,17). The molecule has 1 unspecified atom stereocenters. The lowest BCUT2D eigenvalue weighted by molar-refractivity contribution is 0.0696. The number of rotatable bonds is 8. The summed E-state index contributed by atoms with van der Waals surface area (Å²) < 4.78 is 29.4. The van der Waals surface area contributed by atoms with Crippen LogP contribution in [-0.4, -0.2) is 63.5 Å². The van der Waals surface area contributed by atoms with Gasteiger partial charge in [-0.2, -0.15) is 0 Å². The highest BCUT2D eigenvalue weighted by Gasteiger charge is 2.18. The fraction of sp³-hybridized carbons (Fsp3) is 0.500. The van der Waals surface area contributed by atoms with Crippen LogP contribution in [-0.2, 0) is 14.6 Å². The minimum atomic E-state index is -3.42. The predicted octanol–water partition coefficient (Wildman–Crippen LogP) is 1.13. The van der Waals surface area contributed by atoms with Crippen molar-refractivity contribution in [1.29, 1.82) is 0 Å². The number of benzene rings is 1. The Bertz CT molecular complexity index is 568. The molecule has 1 rings (SSSR count). The van der Waals surface area contributed by atoms with Gasteiger partial charge in [0.15, 0.2) is 9.84 Å². The van der Waals surface area contributed by atoms with Gasteiger partial charge in [-0.15, -0.1) is 0 Å². The van der Waals surface area contributed by atoms with Gasteiger partial charge in [0, 0.05) is 19.7 Å². The van der Waals surface area contributed by atoms with Gasteiger partial charge in [0.1, 0.15) is 0 Å². The van der Waals surface area contributed by atoms with Crippen molar-refractivity contribution < 1.29 is 23.1 Å². The molecule has 1 aromatic carbocycles. The molecule has 1 N–H and O–H groups in total. The van der Waals surface area contributed by atoms with Crippen LogP contribution in [0.4, 0.5) is 0 Å². The van der Waals surface area contributed by atoms with Crippen molar-refractivity contribution in [2.75, 3.05) is 33.1 Å². The molecule has 6 nitrogen and oxygen atoms in total. The summed E-state index contributed by atoms with van der Waals surface area (Å²) in [6, 6.07) is 5.38. The van der Waals surface area contributed by atoms with E-state index in [0.29, 0.717) is 13.2 Å². The number of methoxy groups -OCH3 is 1. The van der Waals surface area contributed by atoms with Crippen LogP contribution in [0.2, 0.25) is 0 Å². The second-order valence-corrected chi connectivity index (χ2v) is 7.04. The first kappa shape index (κ1) is 17.6. The highest BCUT2D eigenvalue weighted by Crippen LogP contribution is 2.13. The topological polar surface area (TPSA) is 83.9 Å². The maximum atomic E-state index is 12.2. The number of carboxylic acids is 1. The van der Waals surface area contributed by atoms with Crippen LogP contribution in [0.3, 0.4) is 0 Å². The summed E-state index contributed by atoms with van der Waals surface area (Å²) in [5, 5.41) is 8.80. The minimum Gasteiger partial charge on any atom is -0.478 e. The molecule has 0 aliphatic heterocycles. The second kappa shape index (κ2) is 7.53. The van der Waals surface area contributed by atoms with E-state index < -0.39 is 15.8 Å². The monoisotopic (exact) mass is 315 g/mol. The van der Waals surface area contributed by atoms with Crippen molar-refractivity contribution in [3.8, 4) is 0 Å². The summed E-state index contributed by atoms with van der Waals surface area (Å²) in [6.45, 7) is 2.87. The molecule has 0 bridgehead atoms. The van der Waals surface area contributed by atoms with Gasteiger partial charge in [-0.3, -0.25) is 0 Å². The Labute approximate surface area is 125 Å². The summed E-state index contributed by atoms with van der Waals surface area (Å²) in [5.74, 6) is -1.10. The van der Waals surface area contributed by atoms with Crippen molar-refractivity contribution in [2.24, 2.45) is 0 Å². The predicted molar refractivity (Wildman–Crippen MR) is 79.4 cm³/mol. The third kappa shape index (κ3) is 5.11. The summed E-state index contributed by atoms with van der Waals surface area (Å²) in [4.78, 5) is 12.8. The molecule has 0 aromatic heterocycles. The zero-order valence-electron chi connectivity index (χ0n) is 12.4. The number of hydrogen-bond acceptors (Lipinski definition) is 5. The Hall–Kier alpha value is -1.44. The second-order valence-electron chi connectivity index (χ2n) is 4.93. The van der Waals surface area contributed by atoms with E-state index in [0.717, 1.165) is 0 Å². The fourth-order valence-electron chi connectivity index (χ4n) is 1.78. The summed E-state index contributed by atoms with van der Waals surface area (Å²) in [7, 11) is 0.0206. The Morgan fingerprint density at radius 2 is 1.90 bits per heavy atom. The molecule has 1 atom stereocenters. The van der Waals surface area contributed by atoms with E-state index in [4.69, 9.17) is 9.84 Å². The lowest BCUT2D eigenvalue weighted by atomic mass is 10.2. The van der Waals surface area contributed by atoms with Gasteiger partial charge in [0.2, 0.25) is 0 Å². The maximum Gasteiger partial charge on any atom is 0.335 e. The minimum absolute atomic E-state index is 0.0238. The lowest BCUT2D eigenvalue weighted by Gasteiger charge is -2.23. The third-order valence-electron chi connectivity index (χ3n) is 3.33. The number of nitrogens with zero attached hydrogens (tertiary/aromatic N) is 1. The van der Waals surface area contributed by atoms with Gasteiger partial charge in [0.25, 0.3) is 0 Å². The molecule has 0 aliphatic carbocycles. The Morgan fingerprint density at radius 3 is 2.38 bits per heavy atom. The van der Waals surface area contributed by atoms with Crippen molar-refractivity contribution in [2.45, 2.75) is 17.9 Å². The van der Waals surface area contributed by atoms with Crippen LogP contribution in [0.25, 0.3) is 0 Å². The van der Waals surface area contributed by atoms with Crippen LogP contribution in [0.1, 0.15) is 17.3 Å². The molecule has 0 spiro atoms. The first-order chi connectivity index (χ1) is 9.77. The molecule has 0 amide bonds. The molecule has 1 aromatic rings. The molecule has 0 heterocycles. The van der Waals surface area contributed by atoms with Gasteiger partial charge in [-0.1, -0.05) is 0 Å². The van der Waals surface area contributed by atoms with E-state index in [2.05, 4.69) is 0 Å². The number of sulfone groups is 1. The first-order valence-corrected chi connectivity index (χ1v) is 8.18. The molecule has 21 heavy (non-hydrogen) atoms. The maximum absolute atomic E-state index is 12.2. The van der Waals surface area contributed by atoms with Crippen LogP contribution in [0.15, 0.2) is 29.2 Å². The zero-order chi connectivity index (χ0) is 16.0. The fourth-order valence-corrected chi connectivity index (χ4v) is 3.09. The average molecular weight is 315 g/mol. The average Bonchev–Trinajstić information content (AvgIpc) is 2.45. The third-order valence-corrected chi connectivity index (χ3v) is 5.04. The number of carboxylic acid groups (broad SMARTS) is 1. The summed E-state index contributed by atoms with van der Waals surface area (Å²) in [6.07, 6.45) is 0. The Kier molecular flexibility index (Phi) is 6.32. The normalized spacial score (nSPS) is 13.3.